The van der Waals surface area contributed by atoms with Crippen molar-refractivity contribution in [2.75, 3.05) is 0 Å². The molecule has 0 saturated heterocycles. The molecule has 84 valence electrons. The zero-order valence-corrected chi connectivity index (χ0v) is 8.35. The molecular weight excluding hydrogens is 218 g/mol. The molecule has 0 radical (unpaired) electrons. The SMILES string of the molecule is Cc1nc(-c2ccccc2OC(F)F)no1. The summed E-state index contributed by atoms with van der Waals surface area (Å²) in [5.74, 6) is 0.619. The Labute approximate surface area is 89.8 Å². The van der Waals surface area contributed by atoms with E-state index in [0.717, 1.165) is 0 Å². The maximum atomic E-state index is 12.1. The quantitative estimate of drug-likeness (QED) is 0.807. The van der Waals surface area contributed by atoms with Crippen molar-refractivity contribution in [3.63, 3.8) is 0 Å². The Morgan fingerprint density at radius 1 is 1.31 bits per heavy atom. The summed E-state index contributed by atoms with van der Waals surface area (Å²) >= 11 is 0. The molecule has 0 spiro atoms. The standard InChI is InChI=1S/C10H8F2N2O2/c1-6-13-9(14-16-6)7-4-2-3-5-8(7)15-10(11)12/h2-5,10H,1H3. The van der Waals surface area contributed by atoms with E-state index in [0.29, 0.717) is 11.5 Å². The fourth-order valence-electron chi connectivity index (χ4n) is 1.26. The van der Waals surface area contributed by atoms with Gasteiger partial charge in [-0.25, -0.2) is 0 Å². The Morgan fingerprint density at radius 2 is 2.06 bits per heavy atom. The van der Waals surface area contributed by atoms with Crippen molar-refractivity contribution in [3.05, 3.63) is 30.2 Å². The van der Waals surface area contributed by atoms with Crippen LogP contribution in [0.1, 0.15) is 5.89 Å². The largest absolute Gasteiger partial charge is 0.434 e. The Hall–Kier alpha value is -1.98. The normalized spacial score (nSPS) is 10.8. The zero-order valence-electron chi connectivity index (χ0n) is 8.35. The third kappa shape index (κ3) is 2.16. The molecule has 0 unspecified atom stereocenters. The summed E-state index contributed by atoms with van der Waals surface area (Å²) in [7, 11) is 0. The number of rotatable bonds is 3. The van der Waals surface area contributed by atoms with Crippen molar-refractivity contribution < 1.29 is 18.0 Å². The molecule has 4 nitrogen and oxygen atoms in total. The first-order chi connectivity index (χ1) is 7.66. The highest BCUT2D eigenvalue weighted by Crippen LogP contribution is 2.28. The zero-order chi connectivity index (χ0) is 11.5. The van der Waals surface area contributed by atoms with E-state index in [1.165, 1.54) is 6.07 Å². The van der Waals surface area contributed by atoms with Crippen molar-refractivity contribution >= 4 is 0 Å². The number of benzene rings is 1. The summed E-state index contributed by atoms with van der Waals surface area (Å²) in [4.78, 5) is 3.95. The second-order valence-electron chi connectivity index (χ2n) is 3.01. The lowest BCUT2D eigenvalue weighted by atomic mass is 10.2. The van der Waals surface area contributed by atoms with Crippen molar-refractivity contribution in [1.29, 1.82) is 0 Å². The summed E-state index contributed by atoms with van der Waals surface area (Å²) in [6.07, 6.45) is 0. The minimum absolute atomic E-state index is 0.0262. The number of para-hydroxylation sites is 1. The molecule has 0 saturated carbocycles. The van der Waals surface area contributed by atoms with Crippen LogP contribution in [0.25, 0.3) is 11.4 Å². The molecule has 1 aromatic carbocycles. The highest BCUT2D eigenvalue weighted by atomic mass is 19.3. The average Bonchev–Trinajstić information content (AvgIpc) is 2.65. The molecule has 2 aromatic rings. The molecule has 2 rings (SSSR count). The van der Waals surface area contributed by atoms with Crippen molar-refractivity contribution in [3.8, 4) is 17.1 Å². The first-order valence-electron chi connectivity index (χ1n) is 4.51. The highest BCUT2D eigenvalue weighted by molar-refractivity contribution is 5.63. The molecule has 0 amide bonds. The number of aryl methyl sites for hydroxylation is 1. The number of ether oxygens (including phenoxy) is 1. The molecule has 16 heavy (non-hydrogen) atoms. The van der Waals surface area contributed by atoms with E-state index in [2.05, 4.69) is 14.9 Å². The summed E-state index contributed by atoms with van der Waals surface area (Å²) in [6.45, 7) is -1.26. The molecule has 0 aliphatic rings. The third-order valence-electron chi connectivity index (χ3n) is 1.87. The van der Waals surface area contributed by atoms with Gasteiger partial charge in [0.15, 0.2) is 0 Å². The lowest BCUT2D eigenvalue weighted by Crippen LogP contribution is -2.03. The molecule has 1 heterocycles. The van der Waals surface area contributed by atoms with Crippen molar-refractivity contribution in [2.24, 2.45) is 0 Å². The Kier molecular flexibility index (Phi) is 2.80. The van der Waals surface area contributed by atoms with E-state index >= 15 is 0 Å². The lowest BCUT2D eigenvalue weighted by molar-refractivity contribution is -0.0494. The number of nitrogens with zero attached hydrogens (tertiary/aromatic N) is 2. The molecule has 0 aliphatic heterocycles. The van der Waals surface area contributed by atoms with Crippen molar-refractivity contribution in [1.82, 2.24) is 10.1 Å². The highest BCUT2D eigenvalue weighted by Gasteiger charge is 2.14. The van der Waals surface area contributed by atoms with Gasteiger partial charge in [0.05, 0.1) is 5.56 Å². The first kappa shape index (κ1) is 10.5. The average molecular weight is 226 g/mol. The molecule has 1 aromatic heterocycles. The third-order valence-corrected chi connectivity index (χ3v) is 1.87. The van der Waals surface area contributed by atoms with Crippen molar-refractivity contribution in [2.45, 2.75) is 13.5 Å². The van der Waals surface area contributed by atoms with Crippen LogP contribution >= 0.6 is 0 Å². The van der Waals surface area contributed by atoms with Crippen LogP contribution in [0, 0.1) is 6.92 Å². The van der Waals surface area contributed by atoms with Crippen LogP contribution in [0.2, 0.25) is 0 Å². The van der Waals surface area contributed by atoms with Gasteiger partial charge in [0, 0.05) is 6.92 Å². The molecule has 0 aliphatic carbocycles. The smallest absolute Gasteiger partial charge is 0.387 e. The van der Waals surface area contributed by atoms with Crippen LogP contribution in [0.3, 0.4) is 0 Å². The van der Waals surface area contributed by atoms with Gasteiger partial charge in [0.25, 0.3) is 0 Å². The summed E-state index contributed by atoms with van der Waals surface area (Å²) in [6, 6.07) is 6.28. The number of alkyl halides is 2. The maximum absolute atomic E-state index is 12.1. The molecule has 0 bridgehead atoms. The van der Waals surface area contributed by atoms with E-state index in [1.807, 2.05) is 0 Å². The van der Waals surface area contributed by atoms with Crippen LogP contribution in [0.15, 0.2) is 28.8 Å². The molecule has 0 atom stereocenters. The minimum Gasteiger partial charge on any atom is -0.434 e. The van der Waals surface area contributed by atoms with Crippen LogP contribution in [0.4, 0.5) is 8.78 Å². The molecule has 6 heteroatoms. The molecule has 0 N–H and O–H groups in total. The number of aromatic nitrogens is 2. The van der Waals surface area contributed by atoms with E-state index < -0.39 is 6.61 Å². The monoisotopic (exact) mass is 226 g/mol. The molecular formula is C10H8F2N2O2. The number of hydrogen-bond donors (Lipinski definition) is 0. The summed E-state index contributed by atoms with van der Waals surface area (Å²) < 4.78 is 33.4. The van der Waals surface area contributed by atoms with Gasteiger partial charge in [-0.05, 0) is 12.1 Å². The Morgan fingerprint density at radius 3 is 2.69 bits per heavy atom. The van der Waals surface area contributed by atoms with Gasteiger partial charge in [0.1, 0.15) is 5.75 Å². The van der Waals surface area contributed by atoms with Crippen LogP contribution in [0.5, 0.6) is 5.75 Å². The predicted molar refractivity (Wildman–Crippen MR) is 51.1 cm³/mol. The number of hydrogen-bond acceptors (Lipinski definition) is 4. The summed E-state index contributed by atoms with van der Waals surface area (Å²) in [5.41, 5.74) is 0.375. The van der Waals surface area contributed by atoms with Gasteiger partial charge in [-0.2, -0.15) is 13.8 Å². The lowest BCUT2D eigenvalue weighted by Gasteiger charge is -2.07. The van der Waals surface area contributed by atoms with Crippen LogP contribution in [-0.4, -0.2) is 16.8 Å². The Balaban J connectivity index is 2.40. The first-order valence-corrected chi connectivity index (χ1v) is 4.51. The second-order valence-corrected chi connectivity index (χ2v) is 3.01. The van der Waals surface area contributed by atoms with E-state index in [-0.39, 0.29) is 11.6 Å². The fraction of sp³-hybridized carbons (Fsp3) is 0.200. The predicted octanol–water partition coefficient (Wildman–Crippen LogP) is 2.65. The van der Waals surface area contributed by atoms with Gasteiger partial charge >= 0.3 is 6.61 Å². The molecule has 0 fully saturated rings. The van der Waals surface area contributed by atoms with Gasteiger partial charge < -0.3 is 9.26 Å². The van der Waals surface area contributed by atoms with Crippen LogP contribution < -0.4 is 4.74 Å². The van der Waals surface area contributed by atoms with Crippen LogP contribution in [-0.2, 0) is 0 Å². The minimum atomic E-state index is -2.88. The Bertz CT molecular complexity index is 485. The maximum Gasteiger partial charge on any atom is 0.387 e. The topological polar surface area (TPSA) is 48.2 Å². The van der Waals surface area contributed by atoms with Gasteiger partial charge in [-0.3, -0.25) is 0 Å². The second kappa shape index (κ2) is 4.26. The van der Waals surface area contributed by atoms with Gasteiger partial charge in [-0.15, -0.1) is 0 Å². The fourth-order valence-corrected chi connectivity index (χ4v) is 1.26. The van der Waals surface area contributed by atoms with E-state index in [4.69, 9.17) is 4.52 Å². The summed E-state index contributed by atoms with van der Waals surface area (Å²) in [5, 5.41) is 3.64. The van der Waals surface area contributed by atoms with E-state index in [9.17, 15) is 8.78 Å². The van der Waals surface area contributed by atoms with E-state index in [1.54, 1.807) is 25.1 Å². The van der Waals surface area contributed by atoms with Gasteiger partial charge in [0.2, 0.25) is 11.7 Å². The number of halogens is 2. The van der Waals surface area contributed by atoms with Gasteiger partial charge in [-0.1, -0.05) is 17.3 Å².